The van der Waals surface area contributed by atoms with Crippen molar-refractivity contribution in [3.05, 3.63) is 46.1 Å². The summed E-state index contributed by atoms with van der Waals surface area (Å²) in [4.78, 5) is 35.1. The van der Waals surface area contributed by atoms with Crippen molar-refractivity contribution in [3.63, 3.8) is 0 Å². The van der Waals surface area contributed by atoms with Crippen LogP contribution in [0.1, 0.15) is 86.5 Å². The summed E-state index contributed by atoms with van der Waals surface area (Å²) in [5.41, 5.74) is 5.64. The van der Waals surface area contributed by atoms with Gasteiger partial charge in [-0.25, -0.2) is 4.79 Å². The minimum atomic E-state index is -0.454. The van der Waals surface area contributed by atoms with E-state index in [1.165, 1.54) is 35.3 Å². The highest BCUT2D eigenvalue weighted by atomic mass is 16.6. The highest BCUT2D eigenvalue weighted by molar-refractivity contribution is 5.88. The molecule has 0 saturated carbocycles. The van der Waals surface area contributed by atoms with E-state index in [-0.39, 0.29) is 24.0 Å². The molecule has 32 heavy (non-hydrogen) atoms. The van der Waals surface area contributed by atoms with E-state index in [0.29, 0.717) is 24.2 Å². The third kappa shape index (κ3) is 7.32. The molecule has 0 aromatic heterocycles. The average molecular weight is 443 g/mol. The van der Waals surface area contributed by atoms with E-state index in [9.17, 15) is 14.4 Å². The molecule has 0 bridgehead atoms. The van der Waals surface area contributed by atoms with Crippen molar-refractivity contribution in [1.29, 1.82) is 0 Å². The molecule has 1 heterocycles. The van der Waals surface area contributed by atoms with Gasteiger partial charge in [0, 0.05) is 36.8 Å². The first kappa shape index (κ1) is 25.8. The summed E-state index contributed by atoms with van der Waals surface area (Å²) in [7, 11) is 0. The fourth-order valence-corrected chi connectivity index (χ4v) is 4.42. The second-order valence-corrected chi connectivity index (χ2v) is 9.61. The highest BCUT2D eigenvalue weighted by Crippen LogP contribution is 2.40. The Bertz CT molecular complexity index is 866. The predicted octanol–water partition coefficient (Wildman–Crippen LogP) is 5.95. The van der Waals surface area contributed by atoms with Crippen molar-refractivity contribution in [3.8, 4) is 0 Å². The van der Waals surface area contributed by atoms with Crippen LogP contribution in [0.25, 0.3) is 0 Å². The monoisotopic (exact) mass is 442 g/mol. The van der Waals surface area contributed by atoms with Crippen molar-refractivity contribution >= 4 is 17.7 Å². The normalized spacial score (nSPS) is 20.2. The van der Waals surface area contributed by atoms with Crippen molar-refractivity contribution in [2.45, 2.75) is 92.6 Å². The number of Topliss-reactive ketones (excluding diaryl/α,β-unsaturated/α-hetero) is 1. The number of carbonyl (C=O) groups excluding carboxylic acids is 3. The second-order valence-electron chi connectivity index (χ2n) is 9.61. The van der Waals surface area contributed by atoms with Crippen LogP contribution in [0.4, 0.5) is 0 Å². The molecule has 0 aromatic rings. The fraction of sp³-hybridized carbons (Fsp3) is 0.593. The van der Waals surface area contributed by atoms with Gasteiger partial charge >= 0.3 is 11.9 Å². The zero-order valence-electron chi connectivity index (χ0n) is 20.5. The first-order valence-corrected chi connectivity index (χ1v) is 11.6. The van der Waals surface area contributed by atoms with Crippen LogP contribution in [0.5, 0.6) is 0 Å². The summed E-state index contributed by atoms with van der Waals surface area (Å²) in [5.74, 6) is -0.393. The summed E-state index contributed by atoms with van der Waals surface area (Å²) < 4.78 is 10.3. The molecule has 0 amide bonds. The smallest absolute Gasteiger partial charge is 0.331 e. The van der Waals surface area contributed by atoms with Gasteiger partial charge in [0.2, 0.25) is 0 Å². The molecule has 5 heteroatoms. The number of allylic oxidation sites excluding steroid dienone is 5. The molecule has 0 radical (unpaired) electrons. The summed E-state index contributed by atoms with van der Waals surface area (Å²) >= 11 is 0. The van der Waals surface area contributed by atoms with Gasteiger partial charge in [-0.3, -0.25) is 9.59 Å². The van der Waals surface area contributed by atoms with E-state index in [1.807, 2.05) is 0 Å². The van der Waals surface area contributed by atoms with Crippen LogP contribution in [0, 0.1) is 5.41 Å². The Kier molecular flexibility index (Phi) is 9.23. The molecular weight excluding hydrogens is 404 g/mol. The van der Waals surface area contributed by atoms with Crippen molar-refractivity contribution < 1.29 is 23.9 Å². The lowest BCUT2D eigenvalue weighted by molar-refractivity contribution is -0.144. The van der Waals surface area contributed by atoms with Crippen LogP contribution in [-0.4, -0.2) is 30.4 Å². The molecule has 5 nitrogen and oxygen atoms in total. The lowest BCUT2D eigenvalue weighted by Crippen LogP contribution is -2.30. The number of hydrogen-bond acceptors (Lipinski definition) is 5. The molecule has 0 N–H and O–H groups in total. The van der Waals surface area contributed by atoms with Crippen molar-refractivity contribution in [1.82, 2.24) is 0 Å². The fourth-order valence-electron chi connectivity index (χ4n) is 4.42. The Morgan fingerprint density at radius 1 is 1.12 bits per heavy atom. The molecule has 0 spiro atoms. The van der Waals surface area contributed by atoms with Gasteiger partial charge in [0.15, 0.2) is 0 Å². The number of cyclic esters (lactones) is 1. The van der Waals surface area contributed by atoms with Crippen LogP contribution >= 0.6 is 0 Å². The topological polar surface area (TPSA) is 69.7 Å². The molecule has 1 unspecified atom stereocenters. The molecule has 176 valence electrons. The minimum absolute atomic E-state index is 0.184. The van der Waals surface area contributed by atoms with Crippen LogP contribution in [0.2, 0.25) is 0 Å². The van der Waals surface area contributed by atoms with Gasteiger partial charge in [-0.05, 0) is 66.7 Å². The van der Waals surface area contributed by atoms with Gasteiger partial charge in [-0.1, -0.05) is 34.4 Å². The summed E-state index contributed by atoms with van der Waals surface area (Å²) in [6.45, 7) is 12.1. The average Bonchev–Trinajstić information content (AvgIpc) is 3.14. The van der Waals surface area contributed by atoms with Crippen molar-refractivity contribution in [2.24, 2.45) is 5.41 Å². The number of hydrogen-bond donors (Lipinski definition) is 0. The number of ether oxygens (including phenoxy) is 2. The standard InChI is InChI=1S/C27H38O5/c1-18(10-13-23-20(3)12-15-25(29)27(23,5)6)8-7-9-19(2)11-14-24(32-21(4)28)22-16-26(30)31-17-22/h8,11,16,24H,7,9-10,12-15,17H2,1-6H3/b18-8+,19-11+. The third-order valence-electron chi connectivity index (χ3n) is 6.58. The van der Waals surface area contributed by atoms with E-state index in [2.05, 4.69) is 46.8 Å². The van der Waals surface area contributed by atoms with E-state index >= 15 is 0 Å². The zero-order valence-corrected chi connectivity index (χ0v) is 20.5. The largest absolute Gasteiger partial charge is 0.458 e. The quantitative estimate of drug-likeness (QED) is 0.309. The van der Waals surface area contributed by atoms with Crippen LogP contribution in [0.15, 0.2) is 46.1 Å². The Balaban J connectivity index is 1.86. The molecule has 0 fully saturated rings. The predicted molar refractivity (Wildman–Crippen MR) is 126 cm³/mol. The molecule has 1 aliphatic carbocycles. The molecule has 2 rings (SSSR count). The summed E-state index contributed by atoms with van der Waals surface area (Å²) in [6.07, 6.45) is 11.2. The maximum Gasteiger partial charge on any atom is 0.331 e. The number of rotatable bonds is 10. The Hall–Kier alpha value is -2.43. The van der Waals surface area contributed by atoms with Gasteiger partial charge in [-0.15, -0.1) is 0 Å². The minimum Gasteiger partial charge on any atom is -0.458 e. The molecular formula is C27H38O5. The van der Waals surface area contributed by atoms with E-state index in [1.54, 1.807) is 0 Å². The molecule has 0 saturated heterocycles. The van der Waals surface area contributed by atoms with Crippen LogP contribution in [-0.2, 0) is 23.9 Å². The Labute approximate surface area is 192 Å². The SMILES string of the molecule is CC(=O)OC(C/C=C(\C)CC/C=C(\C)CCC1=C(C)CCC(=O)C1(C)C)C1=CC(=O)OC1. The number of carbonyl (C=O) groups is 3. The van der Waals surface area contributed by atoms with Crippen LogP contribution < -0.4 is 0 Å². The van der Waals surface area contributed by atoms with Gasteiger partial charge in [-0.2, -0.15) is 0 Å². The zero-order chi connectivity index (χ0) is 23.9. The molecule has 0 aromatic carbocycles. The number of ketones is 1. The van der Waals surface area contributed by atoms with Gasteiger partial charge in [0.1, 0.15) is 18.5 Å². The van der Waals surface area contributed by atoms with E-state index in [0.717, 1.165) is 32.1 Å². The van der Waals surface area contributed by atoms with E-state index in [4.69, 9.17) is 9.47 Å². The Morgan fingerprint density at radius 2 is 1.81 bits per heavy atom. The van der Waals surface area contributed by atoms with Gasteiger partial charge < -0.3 is 9.47 Å². The first-order chi connectivity index (χ1) is 15.0. The lowest BCUT2D eigenvalue weighted by Gasteiger charge is -2.33. The van der Waals surface area contributed by atoms with Crippen LogP contribution in [0.3, 0.4) is 0 Å². The summed E-state index contributed by atoms with van der Waals surface area (Å²) in [6, 6.07) is 0. The maximum absolute atomic E-state index is 12.3. The molecule has 1 atom stereocenters. The lowest BCUT2D eigenvalue weighted by atomic mass is 9.70. The van der Waals surface area contributed by atoms with Gasteiger partial charge in [0.25, 0.3) is 0 Å². The highest BCUT2D eigenvalue weighted by Gasteiger charge is 2.35. The third-order valence-corrected chi connectivity index (χ3v) is 6.58. The number of esters is 2. The summed E-state index contributed by atoms with van der Waals surface area (Å²) in [5, 5.41) is 0. The first-order valence-electron chi connectivity index (χ1n) is 11.6. The molecule has 2 aliphatic rings. The van der Waals surface area contributed by atoms with Gasteiger partial charge in [0.05, 0.1) is 0 Å². The maximum atomic E-state index is 12.3. The second kappa shape index (κ2) is 11.4. The van der Waals surface area contributed by atoms with E-state index < -0.39 is 6.10 Å². The Morgan fingerprint density at radius 3 is 2.44 bits per heavy atom. The molecule has 1 aliphatic heterocycles. The van der Waals surface area contributed by atoms with Crippen molar-refractivity contribution in [2.75, 3.05) is 6.61 Å².